The molecule has 1 N–H and O–H groups in total. The van der Waals surface area contributed by atoms with Gasteiger partial charge in [0.2, 0.25) is 0 Å². The molecule has 24 heavy (non-hydrogen) atoms. The number of halogens is 1. The first-order chi connectivity index (χ1) is 11.2. The van der Waals surface area contributed by atoms with Crippen molar-refractivity contribution in [2.24, 2.45) is 0 Å². The highest BCUT2D eigenvalue weighted by Gasteiger charge is 2.36. The van der Waals surface area contributed by atoms with Crippen molar-refractivity contribution in [2.75, 3.05) is 19.6 Å². The number of aromatic nitrogens is 2. The van der Waals surface area contributed by atoms with Gasteiger partial charge in [-0.2, -0.15) is 5.10 Å². The predicted molar refractivity (Wildman–Crippen MR) is 86.7 cm³/mol. The molecule has 9 heteroatoms. The van der Waals surface area contributed by atoms with Crippen LogP contribution in [0.4, 0.5) is 4.79 Å². The van der Waals surface area contributed by atoms with Crippen LogP contribution in [-0.2, 0) is 16.1 Å². The molecule has 1 aromatic rings. The molecule has 2 heterocycles. The Morgan fingerprint density at radius 2 is 2.04 bits per heavy atom. The summed E-state index contributed by atoms with van der Waals surface area (Å²) in [6.45, 7) is 6.49. The Bertz CT molecular complexity index is 602. The van der Waals surface area contributed by atoms with E-state index in [1.165, 1.54) is 4.90 Å². The van der Waals surface area contributed by atoms with Gasteiger partial charge >= 0.3 is 12.1 Å². The molecule has 0 bridgehead atoms. The van der Waals surface area contributed by atoms with Crippen LogP contribution < -0.4 is 0 Å². The number of nitrogens with zero attached hydrogens (tertiary/aromatic N) is 4. The molecule has 0 aliphatic carbocycles. The van der Waals surface area contributed by atoms with E-state index >= 15 is 0 Å². The molecular weight excluding hydrogens is 336 g/mol. The first kappa shape index (κ1) is 18.4. The molecular formula is C15H21ClN4O4. The van der Waals surface area contributed by atoms with E-state index in [1.807, 2.05) is 0 Å². The Hall–Kier alpha value is -1.93. The summed E-state index contributed by atoms with van der Waals surface area (Å²) in [4.78, 5) is 26.9. The maximum atomic E-state index is 12.1. The predicted octanol–water partition coefficient (Wildman–Crippen LogP) is 1.64. The van der Waals surface area contributed by atoms with E-state index in [1.54, 1.807) is 37.8 Å². The van der Waals surface area contributed by atoms with Crippen LogP contribution in [0.3, 0.4) is 0 Å². The lowest BCUT2D eigenvalue weighted by atomic mass is 10.1. The quantitative estimate of drug-likeness (QED) is 0.879. The minimum atomic E-state index is -0.995. The summed E-state index contributed by atoms with van der Waals surface area (Å²) in [6.07, 6.45) is -0.500. The van der Waals surface area contributed by atoms with Crippen LogP contribution in [0.5, 0.6) is 0 Å². The van der Waals surface area contributed by atoms with Crippen molar-refractivity contribution in [1.82, 2.24) is 20.0 Å². The van der Waals surface area contributed by atoms with Gasteiger partial charge in [0.25, 0.3) is 0 Å². The van der Waals surface area contributed by atoms with E-state index in [0.29, 0.717) is 25.3 Å². The molecule has 1 amide bonds. The number of rotatable bonds is 3. The maximum Gasteiger partial charge on any atom is 0.410 e. The average molecular weight is 357 g/mol. The van der Waals surface area contributed by atoms with Crippen LogP contribution in [-0.4, -0.2) is 68.4 Å². The van der Waals surface area contributed by atoms with Crippen molar-refractivity contribution in [1.29, 1.82) is 0 Å². The topological polar surface area (TPSA) is 95.9 Å². The molecule has 0 radical (unpaired) electrons. The Morgan fingerprint density at radius 3 is 2.58 bits per heavy atom. The largest absolute Gasteiger partial charge is 0.480 e. The summed E-state index contributed by atoms with van der Waals surface area (Å²) >= 11 is 5.70. The number of amides is 1. The van der Waals surface area contributed by atoms with E-state index in [9.17, 15) is 14.7 Å². The van der Waals surface area contributed by atoms with Gasteiger partial charge in [-0.05, 0) is 32.9 Å². The lowest BCUT2D eigenvalue weighted by molar-refractivity contribution is -0.145. The molecule has 1 saturated heterocycles. The molecule has 132 valence electrons. The number of carboxylic acids is 1. The molecule has 0 saturated carbocycles. The van der Waals surface area contributed by atoms with E-state index in [4.69, 9.17) is 16.3 Å². The Kier molecular flexibility index (Phi) is 5.61. The van der Waals surface area contributed by atoms with Crippen LogP contribution in [0.2, 0.25) is 5.15 Å². The van der Waals surface area contributed by atoms with Gasteiger partial charge in [-0.1, -0.05) is 11.6 Å². The number of ether oxygens (including phenoxy) is 1. The van der Waals surface area contributed by atoms with E-state index in [2.05, 4.69) is 10.2 Å². The second kappa shape index (κ2) is 7.31. The summed E-state index contributed by atoms with van der Waals surface area (Å²) in [7, 11) is 0. The van der Waals surface area contributed by atoms with Gasteiger partial charge < -0.3 is 14.7 Å². The van der Waals surface area contributed by atoms with Gasteiger partial charge in [0, 0.05) is 19.6 Å². The summed E-state index contributed by atoms with van der Waals surface area (Å²) < 4.78 is 5.31. The van der Waals surface area contributed by atoms with E-state index in [0.717, 1.165) is 0 Å². The molecule has 2 rings (SSSR count). The van der Waals surface area contributed by atoms with Crippen molar-refractivity contribution in [3.63, 3.8) is 0 Å². The molecule has 1 aliphatic heterocycles. The highest BCUT2D eigenvalue weighted by molar-refractivity contribution is 6.29. The third-order valence-corrected chi connectivity index (χ3v) is 3.68. The van der Waals surface area contributed by atoms with Crippen molar-refractivity contribution in [3.8, 4) is 0 Å². The van der Waals surface area contributed by atoms with Crippen LogP contribution in [0, 0.1) is 0 Å². The molecule has 1 aromatic heterocycles. The SMILES string of the molecule is CC(C)(C)OC(=O)N1CCN(Cc2ccc(Cl)nn2)C(C(=O)O)C1. The molecule has 1 fully saturated rings. The van der Waals surface area contributed by atoms with Gasteiger partial charge in [-0.25, -0.2) is 4.79 Å². The van der Waals surface area contributed by atoms with E-state index in [-0.39, 0.29) is 11.7 Å². The minimum absolute atomic E-state index is 0.0608. The Morgan fingerprint density at radius 1 is 1.33 bits per heavy atom. The van der Waals surface area contributed by atoms with Crippen molar-refractivity contribution >= 4 is 23.7 Å². The average Bonchev–Trinajstić information content (AvgIpc) is 2.48. The molecule has 8 nitrogen and oxygen atoms in total. The third kappa shape index (κ3) is 5.04. The second-order valence-electron chi connectivity index (χ2n) is 6.60. The lowest BCUT2D eigenvalue weighted by Gasteiger charge is -2.39. The highest BCUT2D eigenvalue weighted by atomic mass is 35.5. The van der Waals surface area contributed by atoms with Crippen molar-refractivity contribution < 1.29 is 19.4 Å². The fourth-order valence-electron chi connectivity index (χ4n) is 2.37. The third-order valence-electron chi connectivity index (χ3n) is 3.48. The zero-order valence-electron chi connectivity index (χ0n) is 13.9. The number of hydrogen-bond donors (Lipinski definition) is 1. The van der Waals surface area contributed by atoms with Gasteiger partial charge in [0.1, 0.15) is 11.6 Å². The zero-order valence-corrected chi connectivity index (χ0v) is 14.7. The maximum absolute atomic E-state index is 12.1. The fourth-order valence-corrected chi connectivity index (χ4v) is 2.47. The zero-order chi connectivity index (χ0) is 17.9. The van der Waals surface area contributed by atoms with Gasteiger partial charge in [-0.3, -0.25) is 9.69 Å². The minimum Gasteiger partial charge on any atom is -0.480 e. The summed E-state index contributed by atoms with van der Waals surface area (Å²) in [6, 6.07) is 2.48. The van der Waals surface area contributed by atoms with E-state index < -0.39 is 23.7 Å². The first-order valence-electron chi connectivity index (χ1n) is 7.58. The van der Waals surface area contributed by atoms with Crippen LogP contribution in [0.15, 0.2) is 12.1 Å². The monoisotopic (exact) mass is 356 g/mol. The summed E-state index contributed by atoms with van der Waals surface area (Å²) in [5.74, 6) is -0.995. The standard InChI is InChI=1S/C15H21ClN4O4/c1-15(2,3)24-14(23)20-7-6-19(11(9-20)13(21)22)8-10-4-5-12(16)18-17-10/h4-5,11H,6-9H2,1-3H3,(H,21,22). The molecule has 0 spiro atoms. The van der Waals surface area contributed by atoms with Crippen LogP contribution in [0.1, 0.15) is 26.5 Å². The Balaban J connectivity index is 2.04. The number of piperazine rings is 1. The Labute approximate surface area is 145 Å². The smallest absolute Gasteiger partial charge is 0.410 e. The number of carbonyl (C=O) groups excluding carboxylic acids is 1. The van der Waals surface area contributed by atoms with Gasteiger partial charge in [0.15, 0.2) is 5.15 Å². The molecule has 1 aliphatic rings. The summed E-state index contributed by atoms with van der Waals surface area (Å²) in [5.41, 5.74) is 0.00242. The molecule has 1 atom stereocenters. The van der Waals surface area contributed by atoms with Crippen LogP contribution >= 0.6 is 11.6 Å². The molecule has 1 unspecified atom stereocenters. The number of carbonyl (C=O) groups is 2. The number of aliphatic carboxylic acids is 1. The lowest BCUT2D eigenvalue weighted by Crippen LogP contribution is -2.57. The van der Waals surface area contributed by atoms with Crippen molar-refractivity contribution in [3.05, 3.63) is 23.0 Å². The first-order valence-corrected chi connectivity index (χ1v) is 7.96. The molecule has 0 aromatic carbocycles. The fraction of sp³-hybridized carbons (Fsp3) is 0.600. The second-order valence-corrected chi connectivity index (χ2v) is 6.99. The summed E-state index contributed by atoms with van der Waals surface area (Å²) in [5, 5.41) is 17.5. The van der Waals surface area contributed by atoms with Gasteiger partial charge in [0.05, 0.1) is 12.2 Å². The number of carboxylic acid groups (broad SMARTS) is 1. The van der Waals surface area contributed by atoms with Crippen molar-refractivity contribution in [2.45, 2.75) is 39.0 Å². The number of hydrogen-bond acceptors (Lipinski definition) is 6. The van der Waals surface area contributed by atoms with Crippen LogP contribution in [0.25, 0.3) is 0 Å². The normalized spacial score (nSPS) is 19.2. The highest BCUT2D eigenvalue weighted by Crippen LogP contribution is 2.17. The van der Waals surface area contributed by atoms with Gasteiger partial charge in [-0.15, -0.1) is 5.10 Å².